The van der Waals surface area contributed by atoms with E-state index in [9.17, 15) is 0 Å². The largest absolute Gasteiger partial charge is 0.309 e. The van der Waals surface area contributed by atoms with Crippen molar-refractivity contribution in [2.75, 3.05) is 6.54 Å². The smallest absolute Gasteiger partial charge is 0.0898 e. The molecule has 0 aromatic carbocycles. The van der Waals surface area contributed by atoms with Crippen LogP contribution >= 0.6 is 11.3 Å². The van der Waals surface area contributed by atoms with E-state index in [-0.39, 0.29) is 0 Å². The van der Waals surface area contributed by atoms with Gasteiger partial charge in [0.25, 0.3) is 0 Å². The van der Waals surface area contributed by atoms with E-state index in [0.29, 0.717) is 6.04 Å². The van der Waals surface area contributed by atoms with Crippen LogP contribution in [0, 0.1) is 12.8 Å². The highest BCUT2D eigenvalue weighted by atomic mass is 32.1. The van der Waals surface area contributed by atoms with Gasteiger partial charge in [-0.05, 0) is 38.6 Å². The first-order valence-corrected chi connectivity index (χ1v) is 7.33. The van der Waals surface area contributed by atoms with Crippen LogP contribution in [0.5, 0.6) is 0 Å². The van der Waals surface area contributed by atoms with Crippen LogP contribution in [0.3, 0.4) is 0 Å². The minimum absolute atomic E-state index is 0.491. The third-order valence-corrected chi connectivity index (χ3v) is 3.99. The van der Waals surface area contributed by atoms with Crippen molar-refractivity contribution >= 4 is 11.3 Å². The third-order valence-electron chi connectivity index (χ3n) is 3.20. The summed E-state index contributed by atoms with van der Waals surface area (Å²) in [5, 5.41) is 7.03. The zero-order valence-electron chi connectivity index (χ0n) is 10.3. The first-order valence-electron chi connectivity index (χ1n) is 6.45. The summed E-state index contributed by atoms with van der Waals surface area (Å²) in [6, 6.07) is 0.491. The van der Waals surface area contributed by atoms with E-state index in [2.05, 4.69) is 29.5 Å². The standard InChI is InChI=1S/C13H22N2S/c1-3-8-14-12(7-6-11-4-5-11)13-9-16-10(2)15-13/h9,11-12,14H,3-8H2,1-2H3. The molecule has 1 fully saturated rings. The lowest BCUT2D eigenvalue weighted by molar-refractivity contribution is 0.462. The molecule has 1 heterocycles. The molecule has 0 spiro atoms. The monoisotopic (exact) mass is 238 g/mol. The Kier molecular flexibility index (Phi) is 4.36. The van der Waals surface area contributed by atoms with Gasteiger partial charge >= 0.3 is 0 Å². The molecule has 0 radical (unpaired) electrons. The highest BCUT2D eigenvalue weighted by Gasteiger charge is 2.23. The van der Waals surface area contributed by atoms with Gasteiger partial charge in [0.05, 0.1) is 16.7 Å². The quantitative estimate of drug-likeness (QED) is 0.784. The first-order chi connectivity index (χ1) is 7.79. The molecule has 0 amide bonds. The summed E-state index contributed by atoms with van der Waals surface area (Å²) in [5.41, 5.74) is 1.26. The maximum atomic E-state index is 4.62. The highest BCUT2D eigenvalue weighted by molar-refractivity contribution is 7.09. The Bertz CT molecular complexity index is 317. The lowest BCUT2D eigenvalue weighted by Gasteiger charge is -2.16. The van der Waals surface area contributed by atoms with Gasteiger partial charge in [-0.15, -0.1) is 11.3 Å². The number of nitrogens with zero attached hydrogens (tertiary/aromatic N) is 1. The summed E-state index contributed by atoms with van der Waals surface area (Å²) < 4.78 is 0. The molecule has 0 aliphatic heterocycles. The van der Waals surface area contributed by atoms with Crippen molar-refractivity contribution in [1.82, 2.24) is 10.3 Å². The van der Waals surface area contributed by atoms with Gasteiger partial charge in [-0.2, -0.15) is 0 Å². The van der Waals surface area contributed by atoms with Gasteiger partial charge in [0, 0.05) is 5.38 Å². The Labute approximate surface area is 102 Å². The second-order valence-corrected chi connectivity index (χ2v) is 5.88. The van der Waals surface area contributed by atoms with Crippen LogP contribution in [-0.4, -0.2) is 11.5 Å². The Morgan fingerprint density at radius 3 is 2.94 bits per heavy atom. The maximum absolute atomic E-state index is 4.62. The lowest BCUT2D eigenvalue weighted by atomic mass is 10.1. The van der Waals surface area contributed by atoms with Crippen molar-refractivity contribution in [2.45, 2.75) is 52.0 Å². The zero-order chi connectivity index (χ0) is 11.4. The Balaban J connectivity index is 1.89. The SMILES string of the molecule is CCCNC(CCC1CC1)c1csc(C)n1. The van der Waals surface area contributed by atoms with E-state index < -0.39 is 0 Å². The molecular formula is C13H22N2S. The Morgan fingerprint density at radius 1 is 1.56 bits per heavy atom. The van der Waals surface area contributed by atoms with Gasteiger partial charge in [-0.1, -0.05) is 19.8 Å². The molecular weight excluding hydrogens is 216 g/mol. The van der Waals surface area contributed by atoms with E-state index in [0.717, 1.165) is 12.5 Å². The molecule has 0 saturated heterocycles. The van der Waals surface area contributed by atoms with Crippen LogP contribution in [0.25, 0.3) is 0 Å². The van der Waals surface area contributed by atoms with Crippen LogP contribution in [0.4, 0.5) is 0 Å². The van der Waals surface area contributed by atoms with E-state index >= 15 is 0 Å². The van der Waals surface area contributed by atoms with Crippen molar-refractivity contribution in [3.8, 4) is 0 Å². The zero-order valence-corrected chi connectivity index (χ0v) is 11.1. The molecule has 16 heavy (non-hydrogen) atoms. The molecule has 1 atom stereocenters. The van der Waals surface area contributed by atoms with Crippen LogP contribution in [-0.2, 0) is 0 Å². The molecule has 1 N–H and O–H groups in total. The summed E-state index contributed by atoms with van der Waals surface area (Å²) in [6.45, 7) is 5.41. The van der Waals surface area contributed by atoms with E-state index in [1.807, 2.05) is 0 Å². The number of rotatable bonds is 7. The number of nitrogens with one attached hydrogen (secondary N) is 1. The predicted octanol–water partition coefficient (Wildman–Crippen LogP) is 3.68. The van der Waals surface area contributed by atoms with Crippen LogP contribution < -0.4 is 5.32 Å². The molecule has 2 nitrogen and oxygen atoms in total. The topological polar surface area (TPSA) is 24.9 Å². The van der Waals surface area contributed by atoms with Crippen LogP contribution in [0.1, 0.15) is 55.8 Å². The third kappa shape index (κ3) is 3.56. The first kappa shape index (κ1) is 12.1. The van der Waals surface area contributed by atoms with Crippen molar-refractivity contribution in [3.05, 3.63) is 16.1 Å². The fourth-order valence-corrected chi connectivity index (χ4v) is 2.69. The number of hydrogen-bond acceptors (Lipinski definition) is 3. The summed E-state index contributed by atoms with van der Waals surface area (Å²) >= 11 is 1.76. The van der Waals surface area contributed by atoms with Gasteiger partial charge in [-0.3, -0.25) is 0 Å². The lowest BCUT2D eigenvalue weighted by Crippen LogP contribution is -2.22. The average molecular weight is 238 g/mol. The molecule has 1 aliphatic carbocycles. The van der Waals surface area contributed by atoms with Crippen molar-refractivity contribution in [2.24, 2.45) is 5.92 Å². The van der Waals surface area contributed by atoms with Crippen molar-refractivity contribution in [1.29, 1.82) is 0 Å². The summed E-state index contributed by atoms with van der Waals surface area (Å²) in [7, 11) is 0. The van der Waals surface area contributed by atoms with Gasteiger partial charge in [0.2, 0.25) is 0 Å². The summed E-state index contributed by atoms with van der Waals surface area (Å²) in [4.78, 5) is 4.62. The molecule has 1 aliphatic rings. The van der Waals surface area contributed by atoms with Gasteiger partial charge in [0.15, 0.2) is 0 Å². The molecule has 1 aromatic heterocycles. The predicted molar refractivity (Wildman–Crippen MR) is 69.8 cm³/mol. The minimum Gasteiger partial charge on any atom is -0.309 e. The molecule has 0 bridgehead atoms. The number of aromatic nitrogens is 1. The minimum atomic E-state index is 0.491. The summed E-state index contributed by atoms with van der Waals surface area (Å²) in [6.07, 6.45) is 6.74. The Hall–Kier alpha value is -0.410. The van der Waals surface area contributed by atoms with Crippen molar-refractivity contribution in [3.63, 3.8) is 0 Å². The van der Waals surface area contributed by atoms with E-state index in [1.54, 1.807) is 11.3 Å². The van der Waals surface area contributed by atoms with Crippen LogP contribution in [0.15, 0.2) is 5.38 Å². The molecule has 1 unspecified atom stereocenters. The van der Waals surface area contributed by atoms with E-state index in [1.165, 1.54) is 42.8 Å². The highest BCUT2D eigenvalue weighted by Crippen LogP contribution is 2.36. The Morgan fingerprint density at radius 2 is 2.38 bits per heavy atom. The molecule has 2 rings (SSSR count). The van der Waals surface area contributed by atoms with Gasteiger partial charge in [-0.25, -0.2) is 4.98 Å². The van der Waals surface area contributed by atoms with Crippen LogP contribution in [0.2, 0.25) is 0 Å². The number of thiazole rings is 1. The van der Waals surface area contributed by atoms with Gasteiger partial charge in [0.1, 0.15) is 0 Å². The number of aryl methyl sites for hydroxylation is 1. The molecule has 1 saturated carbocycles. The molecule has 3 heteroatoms. The number of hydrogen-bond donors (Lipinski definition) is 1. The summed E-state index contributed by atoms with van der Waals surface area (Å²) in [5.74, 6) is 1.02. The molecule has 1 aromatic rings. The van der Waals surface area contributed by atoms with E-state index in [4.69, 9.17) is 0 Å². The second-order valence-electron chi connectivity index (χ2n) is 4.82. The fraction of sp³-hybridized carbons (Fsp3) is 0.769. The fourth-order valence-electron chi connectivity index (χ4n) is 2.02. The molecule has 90 valence electrons. The van der Waals surface area contributed by atoms with Crippen molar-refractivity contribution < 1.29 is 0 Å². The maximum Gasteiger partial charge on any atom is 0.0898 e. The second kappa shape index (κ2) is 5.78. The van der Waals surface area contributed by atoms with Gasteiger partial charge < -0.3 is 5.32 Å². The average Bonchev–Trinajstić information content (AvgIpc) is 3.01. The normalized spacial score (nSPS) is 17.6.